The Hall–Kier alpha value is -2.21. The number of quaternary nitrogens is 1. The smallest absolute Gasteiger partial charge is 0.275 e. The summed E-state index contributed by atoms with van der Waals surface area (Å²) in [5.41, 5.74) is 1.95. The summed E-state index contributed by atoms with van der Waals surface area (Å²) < 4.78 is 13.3. The molecule has 0 aliphatic heterocycles. The molecule has 3 nitrogen and oxygen atoms in total. The first-order valence-electron chi connectivity index (χ1n) is 8.65. The highest BCUT2D eigenvalue weighted by atomic mass is 35.5. The molecule has 140 valence electrons. The number of benzene rings is 2. The van der Waals surface area contributed by atoms with E-state index in [4.69, 9.17) is 11.6 Å². The van der Waals surface area contributed by atoms with Crippen LogP contribution in [0.5, 0.6) is 0 Å². The van der Waals surface area contributed by atoms with Crippen LogP contribution in [0.3, 0.4) is 0 Å². The fourth-order valence-corrected chi connectivity index (χ4v) is 3.99. The molecular formula is C21H21ClFN2OS+. The first-order chi connectivity index (χ1) is 13.0. The Bertz CT molecular complexity index is 883. The third-order valence-corrected chi connectivity index (χ3v) is 5.37. The molecule has 0 fully saturated rings. The molecule has 1 unspecified atom stereocenters. The second kappa shape index (κ2) is 9.13. The van der Waals surface area contributed by atoms with Gasteiger partial charge in [0.2, 0.25) is 0 Å². The van der Waals surface area contributed by atoms with Crippen molar-refractivity contribution in [2.24, 2.45) is 0 Å². The van der Waals surface area contributed by atoms with E-state index in [1.165, 1.54) is 12.1 Å². The van der Waals surface area contributed by atoms with Gasteiger partial charge in [-0.3, -0.25) is 4.79 Å². The summed E-state index contributed by atoms with van der Waals surface area (Å²) in [6.07, 6.45) is 0. The van der Waals surface area contributed by atoms with Crippen molar-refractivity contribution >= 4 is 28.8 Å². The molecular weight excluding hydrogens is 383 g/mol. The van der Waals surface area contributed by atoms with Crippen molar-refractivity contribution in [3.8, 4) is 0 Å². The molecule has 0 bridgehead atoms. The monoisotopic (exact) mass is 403 g/mol. The number of amides is 1. The van der Waals surface area contributed by atoms with Gasteiger partial charge in [-0.2, -0.15) is 0 Å². The van der Waals surface area contributed by atoms with Crippen LogP contribution >= 0.6 is 22.9 Å². The van der Waals surface area contributed by atoms with Gasteiger partial charge in [-0.15, -0.1) is 11.3 Å². The van der Waals surface area contributed by atoms with Crippen molar-refractivity contribution in [1.29, 1.82) is 0 Å². The van der Waals surface area contributed by atoms with Gasteiger partial charge in [0.25, 0.3) is 5.91 Å². The van der Waals surface area contributed by atoms with Crippen molar-refractivity contribution in [2.45, 2.75) is 12.6 Å². The lowest BCUT2D eigenvalue weighted by Gasteiger charge is -2.20. The summed E-state index contributed by atoms with van der Waals surface area (Å²) in [7, 11) is 1.97. The highest BCUT2D eigenvalue weighted by molar-refractivity contribution is 7.10. The van der Waals surface area contributed by atoms with Crippen LogP contribution < -0.4 is 10.2 Å². The maximum atomic E-state index is 13.3. The lowest BCUT2D eigenvalue weighted by molar-refractivity contribution is -0.885. The Morgan fingerprint density at radius 1 is 1.19 bits per heavy atom. The van der Waals surface area contributed by atoms with Gasteiger partial charge in [-0.05, 0) is 41.3 Å². The number of carbonyl (C=O) groups excluding carboxylic acids is 1. The molecule has 3 aromatic rings. The first kappa shape index (κ1) is 19.5. The van der Waals surface area contributed by atoms with Crippen LogP contribution in [-0.2, 0) is 11.3 Å². The topological polar surface area (TPSA) is 33.5 Å². The van der Waals surface area contributed by atoms with Gasteiger partial charge in [-0.1, -0.05) is 41.9 Å². The molecule has 1 heterocycles. The van der Waals surface area contributed by atoms with Gasteiger partial charge in [0, 0.05) is 15.5 Å². The first-order valence-corrected chi connectivity index (χ1v) is 9.91. The number of rotatable bonds is 7. The number of carbonyl (C=O) groups is 1. The fraction of sp³-hybridized carbons (Fsp3) is 0.190. The Morgan fingerprint density at radius 2 is 1.96 bits per heavy atom. The zero-order valence-electron chi connectivity index (χ0n) is 14.9. The number of hydrogen-bond donors (Lipinski definition) is 2. The molecule has 0 radical (unpaired) electrons. The summed E-state index contributed by atoms with van der Waals surface area (Å²) in [6.45, 7) is 1.03. The predicted octanol–water partition coefficient (Wildman–Crippen LogP) is 3.46. The van der Waals surface area contributed by atoms with E-state index in [0.29, 0.717) is 18.1 Å². The summed E-state index contributed by atoms with van der Waals surface area (Å²) in [6, 6.07) is 17.5. The minimum absolute atomic E-state index is 0.0581. The number of halogens is 2. The van der Waals surface area contributed by atoms with Crippen molar-refractivity contribution < 1.29 is 14.1 Å². The Morgan fingerprint density at radius 3 is 2.63 bits per heavy atom. The molecule has 27 heavy (non-hydrogen) atoms. The average Bonchev–Trinajstić information content (AvgIpc) is 3.15. The molecule has 0 aliphatic carbocycles. The van der Waals surface area contributed by atoms with Crippen LogP contribution in [0.1, 0.15) is 22.0 Å². The number of likely N-dealkylation sites (N-methyl/N-ethyl adjacent to an activating group) is 1. The fourth-order valence-electron chi connectivity index (χ4n) is 2.97. The van der Waals surface area contributed by atoms with Crippen molar-refractivity contribution in [2.75, 3.05) is 13.6 Å². The van der Waals surface area contributed by atoms with Crippen LogP contribution in [-0.4, -0.2) is 19.5 Å². The molecule has 3 rings (SSSR count). The summed E-state index contributed by atoms with van der Waals surface area (Å²) in [5.74, 6) is -0.349. The zero-order valence-corrected chi connectivity index (χ0v) is 16.5. The molecule has 0 aliphatic rings. The third kappa shape index (κ3) is 5.63. The van der Waals surface area contributed by atoms with Crippen molar-refractivity contribution in [3.05, 3.63) is 92.9 Å². The van der Waals surface area contributed by atoms with E-state index in [1.807, 2.05) is 48.8 Å². The molecule has 6 heteroatoms. The second-order valence-electron chi connectivity index (χ2n) is 6.51. The van der Waals surface area contributed by atoms with E-state index < -0.39 is 0 Å². The van der Waals surface area contributed by atoms with E-state index in [1.54, 1.807) is 23.5 Å². The average molecular weight is 404 g/mol. The van der Waals surface area contributed by atoms with Crippen LogP contribution in [0.4, 0.5) is 4.39 Å². The van der Waals surface area contributed by atoms with Crippen LogP contribution in [0, 0.1) is 5.82 Å². The van der Waals surface area contributed by atoms with Gasteiger partial charge in [0.05, 0.1) is 13.1 Å². The summed E-state index contributed by atoms with van der Waals surface area (Å²) in [4.78, 5) is 14.7. The van der Waals surface area contributed by atoms with Gasteiger partial charge < -0.3 is 10.2 Å². The van der Waals surface area contributed by atoms with Gasteiger partial charge in [0.1, 0.15) is 12.4 Å². The SMILES string of the molecule is C[NH+](CC(=O)N[C@@H](c1ccc(F)cc1)c1cccs1)Cc1cccc(Cl)c1. The van der Waals surface area contributed by atoms with Crippen molar-refractivity contribution in [3.63, 3.8) is 0 Å². The van der Waals surface area contributed by atoms with Crippen LogP contribution in [0.25, 0.3) is 0 Å². The van der Waals surface area contributed by atoms with E-state index in [9.17, 15) is 9.18 Å². The summed E-state index contributed by atoms with van der Waals surface area (Å²) >= 11 is 7.59. The van der Waals surface area contributed by atoms with Crippen molar-refractivity contribution in [1.82, 2.24) is 5.32 Å². The molecule has 0 saturated carbocycles. The summed E-state index contributed by atoms with van der Waals surface area (Å²) in [5, 5.41) is 5.75. The number of thiophene rings is 1. The Labute approximate surface area is 167 Å². The predicted molar refractivity (Wildman–Crippen MR) is 108 cm³/mol. The molecule has 2 N–H and O–H groups in total. The quantitative estimate of drug-likeness (QED) is 0.622. The number of hydrogen-bond acceptors (Lipinski definition) is 2. The highest BCUT2D eigenvalue weighted by Crippen LogP contribution is 2.26. The molecule has 2 atom stereocenters. The Balaban J connectivity index is 1.66. The normalized spacial score (nSPS) is 13.1. The molecule has 0 saturated heterocycles. The second-order valence-corrected chi connectivity index (χ2v) is 7.92. The highest BCUT2D eigenvalue weighted by Gasteiger charge is 2.20. The maximum Gasteiger partial charge on any atom is 0.275 e. The Kier molecular flexibility index (Phi) is 6.61. The largest absolute Gasteiger partial charge is 0.339 e. The minimum Gasteiger partial charge on any atom is -0.339 e. The molecule has 1 amide bonds. The van der Waals surface area contributed by atoms with E-state index in [2.05, 4.69) is 5.32 Å². The maximum absolute atomic E-state index is 13.3. The van der Waals surface area contributed by atoms with Crippen LogP contribution in [0.15, 0.2) is 66.0 Å². The zero-order chi connectivity index (χ0) is 19.2. The molecule has 0 spiro atoms. The van der Waals surface area contributed by atoms with E-state index in [0.717, 1.165) is 20.9 Å². The lowest BCUT2D eigenvalue weighted by Crippen LogP contribution is -3.08. The van der Waals surface area contributed by atoms with E-state index >= 15 is 0 Å². The van der Waals surface area contributed by atoms with Gasteiger partial charge in [0.15, 0.2) is 6.54 Å². The number of nitrogens with one attached hydrogen (secondary N) is 2. The lowest BCUT2D eigenvalue weighted by atomic mass is 10.1. The standard InChI is InChI=1S/C21H20ClFN2OS/c1-25(13-15-4-2-5-17(22)12-15)14-20(26)24-21(19-6-3-11-27-19)16-7-9-18(23)10-8-16/h2-12,21H,13-14H2,1H3,(H,24,26)/p+1/t21-/m0/s1. The van der Waals surface area contributed by atoms with Gasteiger partial charge >= 0.3 is 0 Å². The van der Waals surface area contributed by atoms with Gasteiger partial charge in [-0.25, -0.2) is 4.39 Å². The van der Waals surface area contributed by atoms with E-state index in [-0.39, 0.29) is 17.8 Å². The minimum atomic E-state index is -0.291. The molecule has 1 aromatic heterocycles. The third-order valence-electron chi connectivity index (χ3n) is 4.19. The molecule has 2 aromatic carbocycles. The van der Waals surface area contributed by atoms with Crippen LogP contribution in [0.2, 0.25) is 5.02 Å².